The van der Waals surface area contributed by atoms with Crippen molar-refractivity contribution < 1.29 is 9.59 Å². The smallest absolute Gasteiger partial charge is 0.254 e. The molecule has 1 aromatic carbocycles. The molecule has 124 valence electrons. The maximum Gasteiger partial charge on any atom is 0.254 e. The second-order valence-corrected chi connectivity index (χ2v) is 6.78. The lowest BCUT2D eigenvalue weighted by Gasteiger charge is -2.21. The van der Waals surface area contributed by atoms with Crippen molar-refractivity contribution >= 4 is 28.8 Å². The van der Waals surface area contributed by atoms with Gasteiger partial charge >= 0.3 is 0 Å². The van der Waals surface area contributed by atoms with Crippen LogP contribution in [0.5, 0.6) is 0 Å². The van der Waals surface area contributed by atoms with E-state index in [1.54, 1.807) is 39.3 Å². The van der Waals surface area contributed by atoms with E-state index in [0.29, 0.717) is 25.1 Å². The maximum absolute atomic E-state index is 12.8. The van der Waals surface area contributed by atoms with E-state index in [1.807, 2.05) is 29.6 Å². The number of thiophene rings is 1. The van der Waals surface area contributed by atoms with Crippen molar-refractivity contribution in [2.45, 2.75) is 19.4 Å². The first-order valence-corrected chi connectivity index (χ1v) is 8.90. The number of benzene rings is 1. The van der Waals surface area contributed by atoms with Crippen molar-refractivity contribution in [1.82, 2.24) is 4.90 Å². The number of rotatable bonds is 6. The van der Waals surface area contributed by atoms with Gasteiger partial charge in [0.1, 0.15) is 0 Å². The minimum Gasteiger partial charge on any atom is -0.330 e. The first-order chi connectivity index (χ1) is 11.7. The number of nitrogens with zero attached hydrogens (tertiary/aromatic N) is 2. The Bertz CT molecular complexity index is 722. The van der Waals surface area contributed by atoms with Gasteiger partial charge in [0.25, 0.3) is 5.91 Å². The third-order valence-corrected chi connectivity index (χ3v) is 4.92. The summed E-state index contributed by atoms with van der Waals surface area (Å²) in [6.45, 7) is 5.58. The Hall–Kier alpha value is -2.40. The summed E-state index contributed by atoms with van der Waals surface area (Å²) in [7, 11) is 0. The molecule has 3 rings (SSSR count). The molecule has 1 saturated heterocycles. The van der Waals surface area contributed by atoms with Gasteiger partial charge in [-0.15, -0.1) is 17.9 Å². The maximum atomic E-state index is 12.8. The zero-order chi connectivity index (χ0) is 16.9. The summed E-state index contributed by atoms with van der Waals surface area (Å²) < 4.78 is 0. The molecule has 5 heteroatoms. The highest BCUT2D eigenvalue weighted by Gasteiger charge is 2.22. The second-order valence-electron chi connectivity index (χ2n) is 5.75. The SMILES string of the molecule is C=CCN(Cc1cccs1)C(=O)c1ccc(N2CCCC2=O)cc1. The Balaban J connectivity index is 1.74. The van der Waals surface area contributed by atoms with E-state index in [9.17, 15) is 9.59 Å². The lowest BCUT2D eigenvalue weighted by molar-refractivity contribution is -0.117. The third kappa shape index (κ3) is 3.57. The first-order valence-electron chi connectivity index (χ1n) is 8.02. The van der Waals surface area contributed by atoms with Gasteiger partial charge in [0.2, 0.25) is 5.91 Å². The summed E-state index contributed by atoms with van der Waals surface area (Å²) >= 11 is 1.64. The van der Waals surface area contributed by atoms with E-state index < -0.39 is 0 Å². The summed E-state index contributed by atoms with van der Waals surface area (Å²) in [6.07, 6.45) is 3.24. The largest absolute Gasteiger partial charge is 0.330 e. The monoisotopic (exact) mass is 340 g/mol. The van der Waals surface area contributed by atoms with Crippen LogP contribution in [0.15, 0.2) is 54.4 Å². The second kappa shape index (κ2) is 7.45. The lowest BCUT2D eigenvalue weighted by Crippen LogP contribution is -2.30. The van der Waals surface area contributed by atoms with Gasteiger partial charge in [-0.1, -0.05) is 12.1 Å². The van der Waals surface area contributed by atoms with Crippen LogP contribution in [0, 0.1) is 0 Å². The van der Waals surface area contributed by atoms with Gasteiger partial charge in [-0.25, -0.2) is 0 Å². The Morgan fingerprint density at radius 3 is 2.67 bits per heavy atom. The summed E-state index contributed by atoms with van der Waals surface area (Å²) in [5.41, 5.74) is 1.49. The molecule has 0 aliphatic carbocycles. The van der Waals surface area contributed by atoms with E-state index in [-0.39, 0.29) is 11.8 Å². The lowest BCUT2D eigenvalue weighted by atomic mass is 10.1. The fourth-order valence-electron chi connectivity index (χ4n) is 2.85. The highest BCUT2D eigenvalue weighted by molar-refractivity contribution is 7.09. The molecular weight excluding hydrogens is 320 g/mol. The molecule has 2 heterocycles. The topological polar surface area (TPSA) is 40.6 Å². The highest BCUT2D eigenvalue weighted by atomic mass is 32.1. The van der Waals surface area contributed by atoms with Gasteiger partial charge in [-0.3, -0.25) is 9.59 Å². The van der Waals surface area contributed by atoms with E-state index in [4.69, 9.17) is 0 Å². The third-order valence-electron chi connectivity index (χ3n) is 4.06. The molecule has 0 N–H and O–H groups in total. The van der Waals surface area contributed by atoms with E-state index >= 15 is 0 Å². The van der Waals surface area contributed by atoms with E-state index in [1.165, 1.54) is 0 Å². The molecule has 4 nitrogen and oxygen atoms in total. The van der Waals surface area contributed by atoms with Gasteiger partial charge in [-0.2, -0.15) is 0 Å². The van der Waals surface area contributed by atoms with E-state index in [2.05, 4.69) is 6.58 Å². The zero-order valence-electron chi connectivity index (χ0n) is 13.5. The molecule has 0 spiro atoms. The fourth-order valence-corrected chi connectivity index (χ4v) is 3.57. The number of amides is 2. The van der Waals surface area contributed by atoms with Crippen LogP contribution in [-0.4, -0.2) is 29.8 Å². The van der Waals surface area contributed by atoms with Crippen molar-refractivity contribution in [3.8, 4) is 0 Å². The summed E-state index contributed by atoms with van der Waals surface area (Å²) in [5.74, 6) is 0.127. The van der Waals surface area contributed by atoms with Crippen LogP contribution in [0.25, 0.3) is 0 Å². The molecule has 1 aliphatic heterocycles. The fraction of sp³-hybridized carbons (Fsp3) is 0.263. The molecule has 1 aromatic heterocycles. The summed E-state index contributed by atoms with van der Waals surface area (Å²) in [4.78, 5) is 29.3. The Kier molecular flexibility index (Phi) is 5.11. The summed E-state index contributed by atoms with van der Waals surface area (Å²) in [6, 6.07) is 11.3. The van der Waals surface area contributed by atoms with Crippen LogP contribution in [0.2, 0.25) is 0 Å². The van der Waals surface area contributed by atoms with Gasteiger partial charge in [-0.05, 0) is 42.1 Å². The van der Waals surface area contributed by atoms with Crippen LogP contribution < -0.4 is 4.90 Å². The molecule has 2 amide bonds. The molecule has 0 atom stereocenters. The molecule has 0 unspecified atom stereocenters. The minimum absolute atomic E-state index is 0.0254. The predicted molar refractivity (Wildman–Crippen MR) is 97.3 cm³/mol. The Morgan fingerprint density at radius 2 is 2.08 bits per heavy atom. The van der Waals surface area contributed by atoms with Crippen LogP contribution >= 0.6 is 11.3 Å². The van der Waals surface area contributed by atoms with Crippen LogP contribution in [0.3, 0.4) is 0 Å². The molecule has 24 heavy (non-hydrogen) atoms. The van der Waals surface area contributed by atoms with Crippen molar-refractivity contribution in [2.75, 3.05) is 18.0 Å². The number of carbonyl (C=O) groups excluding carboxylic acids is 2. The number of anilines is 1. The molecular formula is C19H20N2O2S. The number of hydrogen-bond acceptors (Lipinski definition) is 3. The minimum atomic E-state index is -0.0254. The quantitative estimate of drug-likeness (QED) is 0.752. The van der Waals surface area contributed by atoms with Crippen molar-refractivity contribution in [1.29, 1.82) is 0 Å². The molecule has 0 bridgehead atoms. The van der Waals surface area contributed by atoms with Gasteiger partial charge in [0, 0.05) is 35.6 Å². The standard InChI is InChI=1S/C19H20N2O2S/c1-2-11-20(14-17-5-4-13-24-17)19(23)15-7-9-16(10-8-15)21-12-3-6-18(21)22/h2,4-5,7-10,13H,1,3,6,11-12,14H2. The Labute approximate surface area is 146 Å². The normalized spacial score (nSPS) is 14.0. The van der Waals surface area contributed by atoms with Crippen molar-refractivity contribution in [3.05, 3.63) is 64.9 Å². The number of hydrogen-bond donors (Lipinski definition) is 0. The van der Waals surface area contributed by atoms with Crippen LogP contribution in [-0.2, 0) is 11.3 Å². The first kappa shape index (κ1) is 16.5. The zero-order valence-corrected chi connectivity index (χ0v) is 14.3. The van der Waals surface area contributed by atoms with Crippen molar-refractivity contribution in [2.24, 2.45) is 0 Å². The van der Waals surface area contributed by atoms with Crippen molar-refractivity contribution in [3.63, 3.8) is 0 Å². The number of carbonyl (C=O) groups is 2. The van der Waals surface area contributed by atoms with Gasteiger partial charge in [0.15, 0.2) is 0 Å². The average Bonchev–Trinajstić information content (AvgIpc) is 3.25. The Morgan fingerprint density at radius 1 is 1.29 bits per heavy atom. The summed E-state index contributed by atoms with van der Waals surface area (Å²) in [5, 5.41) is 2.01. The van der Waals surface area contributed by atoms with Gasteiger partial charge in [0.05, 0.1) is 6.54 Å². The molecule has 0 saturated carbocycles. The van der Waals surface area contributed by atoms with Crippen LogP contribution in [0.4, 0.5) is 5.69 Å². The highest BCUT2D eigenvalue weighted by Crippen LogP contribution is 2.22. The van der Waals surface area contributed by atoms with E-state index in [0.717, 1.165) is 23.5 Å². The predicted octanol–water partition coefficient (Wildman–Crippen LogP) is 3.70. The van der Waals surface area contributed by atoms with Crippen LogP contribution in [0.1, 0.15) is 28.1 Å². The van der Waals surface area contributed by atoms with Gasteiger partial charge < -0.3 is 9.80 Å². The average molecular weight is 340 g/mol. The molecule has 2 aromatic rings. The molecule has 1 fully saturated rings. The molecule has 0 radical (unpaired) electrons. The molecule has 1 aliphatic rings.